The third kappa shape index (κ3) is 11.4. The Hall–Kier alpha value is -0.790. The molecule has 2 nitrogen and oxygen atoms in total. The maximum atomic E-state index is 4.55. The number of H-pyrrole nitrogens is 1. The number of aryl methyl sites for hydroxylation is 2. The summed E-state index contributed by atoms with van der Waals surface area (Å²) in [5.74, 6) is 1.21. The molecule has 2 heteroatoms. The van der Waals surface area contributed by atoms with Crippen molar-refractivity contribution in [2.24, 2.45) is 0 Å². The lowest BCUT2D eigenvalue weighted by Crippen LogP contribution is -1.91. The van der Waals surface area contributed by atoms with E-state index in [1.807, 2.05) is 0 Å². The number of aromatic nitrogens is 2. The van der Waals surface area contributed by atoms with Crippen LogP contribution in [0.15, 0.2) is 6.20 Å². The van der Waals surface area contributed by atoms with E-state index in [2.05, 4.69) is 30.0 Å². The Morgan fingerprint density at radius 3 is 1.70 bits per heavy atom. The summed E-state index contributed by atoms with van der Waals surface area (Å²) in [6.45, 7) is 4.56. The molecule has 0 unspecified atom stereocenters. The lowest BCUT2D eigenvalue weighted by molar-refractivity contribution is 0.572. The van der Waals surface area contributed by atoms with E-state index in [1.165, 1.54) is 108 Å². The van der Waals surface area contributed by atoms with Gasteiger partial charge < -0.3 is 4.98 Å². The van der Waals surface area contributed by atoms with Crippen molar-refractivity contribution in [1.82, 2.24) is 9.97 Å². The minimum Gasteiger partial charge on any atom is -0.346 e. The Morgan fingerprint density at radius 2 is 1.13 bits per heavy atom. The molecule has 0 aliphatic heterocycles. The highest BCUT2D eigenvalue weighted by Gasteiger charge is 2.01. The lowest BCUT2D eigenvalue weighted by Gasteiger charge is -2.01. The van der Waals surface area contributed by atoms with Crippen LogP contribution in [0.4, 0.5) is 0 Å². The molecule has 0 aliphatic rings. The van der Waals surface area contributed by atoms with Crippen molar-refractivity contribution in [3.63, 3.8) is 0 Å². The fourth-order valence-electron chi connectivity index (χ4n) is 3.18. The van der Waals surface area contributed by atoms with Gasteiger partial charge in [-0.1, -0.05) is 90.9 Å². The molecule has 0 amide bonds. The number of aromatic amines is 1. The standard InChI is InChI=1S/C21H40N2/c1-3-5-7-9-11-12-14-16-18-21-22-19-20(23-21)17-15-13-10-8-6-4-2/h19H,3-18H2,1-2H3,(H,22,23). The van der Waals surface area contributed by atoms with Crippen LogP contribution in [0.25, 0.3) is 0 Å². The number of hydrogen-bond acceptors (Lipinski definition) is 1. The number of unbranched alkanes of at least 4 members (excludes halogenated alkanes) is 12. The number of rotatable bonds is 16. The van der Waals surface area contributed by atoms with Crippen LogP contribution in [-0.2, 0) is 12.8 Å². The Morgan fingerprint density at radius 1 is 0.652 bits per heavy atom. The van der Waals surface area contributed by atoms with Gasteiger partial charge in [0.05, 0.1) is 0 Å². The molecule has 0 aromatic carbocycles. The van der Waals surface area contributed by atoms with Crippen molar-refractivity contribution in [2.45, 2.75) is 117 Å². The molecule has 0 fully saturated rings. The van der Waals surface area contributed by atoms with E-state index in [4.69, 9.17) is 0 Å². The van der Waals surface area contributed by atoms with Gasteiger partial charge in [0.15, 0.2) is 0 Å². The molecule has 1 aromatic heterocycles. The summed E-state index contributed by atoms with van der Waals surface area (Å²) in [6.07, 6.45) is 23.7. The minimum atomic E-state index is 1.13. The largest absolute Gasteiger partial charge is 0.346 e. The van der Waals surface area contributed by atoms with Crippen LogP contribution in [0.1, 0.15) is 115 Å². The van der Waals surface area contributed by atoms with Crippen LogP contribution >= 0.6 is 0 Å². The fraction of sp³-hybridized carbons (Fsp3) is 0.857. The van der Waals surface area contributed by atoms with Gasteiger partial charge in [-0.25, -0.2) is 4.98 Å². The summed E-state index contributed by atoms with van der Waals surface area (Å²) < 4.78 is 0. The van der Waals surface area contributed by atoms with Crippen molar-refractivity contribution < 1.29 is 0 Å². The molecule has 1 N–H and O–H groups in total. The van der Waals surface area contributed by atoms with Crippen LogP contribution in [0.3, 0.4) is 0 Å². The monoisotopic (exact) mass is 320 g/mol. The Balaban J connectivity index is 1.96. The van der Waals surface area contributed by atoms with Gasteiger partial charge in [-0.05, 0) is 19.3 Å². The molecule has 1 aromatic rings. The smallest absolute Gasteiger partial charge is 0.106 e. The SMILES string of the molecule is CCCCCCCCCCc1ncc(CCCCCCCC)[nH]1. The maximum absolute atomic E-state index is 4.55. The van der Waals surface area contributed by atoms with Crippen LogP contribution in [0.2, 0.25) is 0 Å². The van der Waals surface area contributed by atoms with Gasteiger partial charge in [0.1, 0.15) is 5.82 Å². The van der Waals surface area contributed by atoms with E-state index in [1.54, 1.807) is 0 Å². The average molecular weight is 321 g/mol. The predicted octanol–water partition coefficient (Wildman–Crippen LogP) is 7.00. The number of nitrogens with zero attached hydrogens (tertiary/aromatic N) is 1. The molecular weight excluding hydrogens is 280 g/mol. The summed E-state index contributed by atoms with van der Waals surface area (Å²) in [4.78, 5) is 8.07. The quantitative estimate of drug-likeness (QED) is 0.326. The van der Waals surface area contributed by atoms with Crippen molar-refractivity contribution in [3.8, 4) is 0 Å². The van der Waals surface area contributed by atoms with Crippen LogP contribution in [0.5, 0.6) is 0 Å². The predicted molar refractivity (Wildman–Crippen MR) is 102 cm³/mol. The molecule has 0 saturated carbocycles. The first-order valence-electron chi connectivity index (χ1n) is 10.4. The molecular formula is C21H40N2. The van der Waals surface area contributed by atoms with Crippen molar-refractivity contribution in [1.29, 1.82) is 0 Å². The maximum Gasteiger partial charge on any atom is 0.106 e. The highest BCUT2D eigenvalue weighted by Crippen LogP contribution is 2.12. The zero-order valence-electron chi connectivity index (χ0n) is 15.8. The lowest BCUT2D eigenvalue weighted by atomic mass is 10.1. The molecule has 0 aliphatic carbocycles. The highest BCUT2D eigenvalue weighted by molar-refractivity contribution is 5.01. The second-order valence-corrected chi connectivity index (χ2v) is 7.10. The van der Waals surface area contributed by atoms with Crippen molar-refractivity contribution >= 4 is 0 Å². The topological polar surface area (TPSA) is 28.7 Å². The number of hydrogen-bond donors (Lipinski definition) is 1. The van der Waals surface area contributed by atoms with Gasteiger partial charge in [0, 0.05) is 18.3 Å². The first-order valence-corrected chi connectivity index (χ1v) is 10.4. The first-order chi connectivity index (χ1) is 11.4. The van der Waals surface area contributed by atoms with E-state index in [-0.39, 0.29) is 0 Å². The fourth-order valence-corrected chi connectivity index (χ4v) is 3.18. The Kier molecular flexibility index (Phi) is 13.0. The third-order valence-corrected chi connectivity index (χ3v) is 4.75. The first kappa shape index (κ1) is 20.3. The Labute approximate surface area is 144 Å². The van der Waals surface area contributed by atoms with Gasteiger partial charge in [0.2, 0.25) is 0 Å². The molecule has 134 valence electrons. The molecule has 1 rings (SSSR count). The van der Waals surface area contributed by atoms with Crippen LogP contribution in [-0.4, -0.2) is 9.97 Å². The zero-order valence-corrected chi connectivity index (χ0v) is 15.8. The molecule has 0 saturated heterocycles. The third-order valence-electron chi connectivity index (χ3n) is 4.75. The van der Waals surface area contributed by atoms with Gasteiger partial charge in [0.25, 0.3) is 0 Å². The van der Waals surface area contributed by atoms with E-state index in [0.717, 1.165) is 6.42 Å². The van der Waals surface area contributed by atoms with E-state index < -0.39 is 0 Å². The van der Waals surface area contributed by atoms with Gasteiger partial charge in [-0.3, -0.25) is 0 Å². The van der Waals surface area contributed by atoms with Crippen LogP contribution in [0, 0.1) is 0 Å². The second kappa shape index (κ2) is 14.8. The summed E-state index contributed by atoms with van der Waals surface area (Å²) in [5, 5.41) is 0. The summed E-state index contributed by atoms with van der Waals surface area (Å²) >= 11 is 0. The number of imidazole rings is 1. The number of nitrogens with one attached hydrogen (secondary N) is 1. The minimum absolute atomic E-state index is 1.13. The highest BCUT2D eigenvalue weighted by atomic mass is 14.9. The summed E-state index contributed by atoms with van der Waals surface area (Å²) in [5.41, 5.74) is 1.34. The normalized spacial score (nSPS) is 11.2. The van der Waals surface area contributed by atoms with Crippen molar-refractivity contribution in [3.05, 3.63) is 17.7 Å². The molecule has 0 atom stereocenters. The van der Waals surface area contributed by atoms with E-state index in [0.29, 0.717) is 0 Å². The van der Waals surface area contributed by atoms with E-state index >= 15 is 0 Å². The summed E-state index contributed by atoms with van der Waals surface area (Å²) in [7, 11) is 0. The van der Waals surface area contributed by atoms with E-state index in [9.17, 15) is 0 Å². The molecule has 23 heavy (non-hydrogen) atoms. The Bertz CT molecular complexity index is 356. The zero-order chi connectivity index (χ0) is 16.6. The average Bonchev–Trinajstić information content (AvgIpc) is 3.01. The molecule has 0 spiro atoms. The molecule has 0 bridgehead atoms. The van der Waals surface area contributed by atoms with Gasteiger partial charge in [-0.15, -0.1) is 0 Å². The summed E-state index contributed by atoms with van der Waals surface area (Å²) in [6, 6.07) is 0. The van der Waals surface area contributed by atoms with Crippen molar-refractivity contribution in [2.75, 3.05) is 0 Å². The molecule has 1 heterocycles. The van der Waals surface area contributed by atoms with Gasteiger partial charge in [-0.2, -0.15) is 0 Å². The molecule has 0 radical (unpaired) electrons. The van der Waals surface area contributed by atoms with Crippen LogP contribution < -0.4 is 0 Å². The van der Waals surface area contributed by atoms with Gasteiger partial charge >= 0.3 is 0 Å². The second-order valence-electron chi connectivity index (χ2n) is 7.10.